The Morgan fingerprint density at radius 3 is 2.66 bits per heavy atom. The summed E-state index contributed by atoms with van der Waals surface area (Å²) in [5.74, 6) is 1.06. The molecule has 2 unspecified atom stereocenters. The summed E-state index contributed by atoms with van der Waals surface area (Å²) in [7, 11) is 0. The van der Waals surface area contributed by atoms with E-state index < -0.39 is 11.3 Å². The fourth-order valence-electron chi connectivity index (χ4n) is 4.99. The van der Waals surface area contributed by atoms with Gasteiger partial charge < -0.3 is 20.3 Å². The zero-order valence-corrected chi connectivity index (χ0v) is 21.4. The van der Waals surface area contributed by atoms with Gasteiger partial charge in [0.05, 0.1) is 23.5 Å². The van der Waals surface area contributed by atoms with E-state index in [2.05, 4.69) is 22.2 Å². The molecule has 6 rings (SSSR count). The van der Waals surface area contributed by atoms with Crippen LogP contribution < -0.4 is 20.3 Å². The lowest BCUT2D eigenvalue weighted by Crippen LogP contribution is -2.62. The van der Waals surface area contributed by atoms with Gasteiger partial charge in [0.2, 0.25) is 11.8 Å². The highest BCUT2D eigenvalue weighted by molar-refractivity contribution is 8.01. The maximum absolute atomic E-state index is 13.5. The van der Waals surface area contributed by atoms with Crippen molar-refractivity contribution in [2.24, 2.45) is 0 Å². The van der Waals surface area contributed by atoms with Crippen molar-refractivity contribution in [1.29, 1.82) is 0 Å². The lowest BCUT2D eigenvalue weighted by molar-refractivity contribution is -0.133. The molecule has 0 aliphatic carbocycles. The summed E-state index contributed by atoms with van der Waals surface area (Å²) in [5, 5.41) is 6.21. The first-order chi connectivity index (χ1) is 18.4. The van der Waals surface area contributed by atoms with Crippen LogP contribution >= 0.6 is 11.8 Å². The van der Waals surface area contributed by atoms with E-state index >= 15 is 0 Å². The summed E-state index contributed by atoms with van der Waals surface area (Å²) in [5.41, 5.74) is 3.12. The van der Waals surface area contributed by atoms with Gasteiger partial charge >= 0.3 is 6.03 Å². The number of nitrogens with one attached hydrogen (secondary N) is 2. The second-order valence-electron chi connectivity index (χ2n) is 9.37. The number of para-hydroxylation sites is 1. The fourth-order valence-corrected chi connectivity index (χ4v) is 6.23. The number of aryl methyl sites for hydroxylation is 1. The minimum atomic E-state index is -0.559. The third-order valence-corrected chi connectivity index (χ3v) is 8.16. The van der Waals surface area contributed by atoms with Crippen molar-refractivity contribution in [2.45, 2.75) is 29.3 Å². The summed E-state index contributed by atoms with van der Waals surface area (Å²) in [4.78, 5) is 46.1. The Labute approximate surface area is 223 Å². The monoisotopic (exact) mass is 527 g/mol. The van der Waals surface area contributed by atoms with Gasteiger partial charge in [-0.3, -0.25) is 14.5 Å². The molecule has 2 atom stereocenters. The Bertz CT molecular complexity index is 1460. The number of amides is 4. The number of thioether (sulfide) groups is 1. The molecule has 2 N–H and O–H groups in total. The SMILES string of the molecule is C=CC(=O)N1CC(NC(=O)C2Sc3nccc4c3C2NC(=O)N4c2ccc(Oc3ccccc3)cc2C)C1. The number of hydrogen-bond donors (Lipinski definition) is 2. The second kappa shape index (κ2) is 9.53. The van der Waals surface area contributed by atoms with E-state index in [1.54, 1.807) is 16.0 Å². The highest BCUT2D eigenvalue weighted by Gasteiger charge is 2.47. The van der Waals surface area contributed by atoms with Crippen molar-refractivity contribution in [3.63, 3.8) is 0 Å². The Hall–Kier alpha value is -4.31. The number of likely N-dealkylation sites (tertiary alicyclic amines) is 1. The number of carbonyl (C=O) groups is 3. The Morgan fingerprint density at radius 1 is 1.13 bits per heavy atom. The number of pyridine rings is 1. The van der Waals surface area contributed by atoms with E-state index in [-0.39, 0.29) is 23.9 Å². The Kier molecular flexibility index (Phi) is 6.03. The zero-order chi connectivity index (χ0) is 26.4. The normalized spacial score (nSPS) is 19.8. The van der Waals surface area contributed by atoms with Crippen LogP contribution in [0, 0.1) is 6.92 Å². The van der Waals surface area contributed by atoms with Crippen LogP contribution in [0.3, 0.4) is 0 Å². The summed E-state index contributed by atoms with van der Waals surface area (Å²) < 4.78 is 5.95. The van der Waals surface area contributed by atoms with Crippen molar-refractivity contribution in [3.8, 4) is 11.5 Å². The number of benzene rings is 2. The molecule has 10 heteroatoms. The molecule has 0 bridgehead atoms. The van der Waals surface area contributed by atoms with Crippen LogP contribution in [-0.4, -0.2) is 52.1 Å². The summed E-state index contributed by atoms with van der Waals surface area (Å²) >= 11 is 1.35. The van der Waals surface area contributed by atoms with Crippen molar-refractivity contribution < 1.29 is 19.1 Å². The molecule has 1 saturated heterocycles. The largest absolute Gasteiger partial charge is 0.457 e. The molecular weight excluding hydrogens is 502 g/mol. The molecule has 4 heterocycles. The van der Waals surface area contributed by atoms with Crippen molar-refractivity contribution in [3.05, 3.63) is 84.6 Å². The van der Waals surface area contributed by atoms with Crippen molar-refractivity contribution >= 4 is 41.0 Å². The van der Waals surface area contributed by atoms with Crippen LogP contribution in [-0.2, 0) is 9.59 Å². The molecule has 3 aliphatic rings. The minimum Gasteiger partial charge on any atom is -0.457 e. The predicted octanol–water partition coefficient (Wildman–Crippen LogP) is 4.07. The standard InChI is InChI=1S/C28H25N5O4S/c1-3-22(34)32-14-17(15-32)30-26(35)25-24-23-21(11-12-29-27(23)38-25)33(28(36)31-24)20-10-9-19(13-16(20)2)37-18-7-5-4-6-8-18/h3-13,17,24-25H,1,14-15H2,2H3,(H,30,35)(H,31,36). The van der Waals surface area contributed by atoms with Crippen molar-refractivity contribution in [2.75, 3.05) is 18.0 Å². The first-order valence-electron chi connectivity index (χ1n) is 12.2. The molecule has 192 valence electrons. The molecule has 9 nitrogen and oxygen atoms in total. The average molecular weight is 528 g/mol. The lowest BCUT2D eigenvalue weighted by atomic mass is 9.99. The van der Waals surface area contributed by atoms with Gasteiger partial charge in [-0.1, -0.05) is 36.5 Å². The van der Waals surface area contributed by atoms with Gasteiger partial charge in [0.25, 0.3) is 0 Å². The number of aromatic nitrogens is 1. The number of ether oxygens (including phenoxy) is 1. The van der Waals surface area contributed by atoms with Gasteiger partial charge in [-0.25, -0.2) is 9.78 Å². The molecule has 0 radical (unpaired) electrons. The number of anilines is 2. The van der Waals surface area contributed by atoms with E-state index in [4.69, 9.17) is 4.74 Å². The molecule has 38 heavy (non-hydrogen) atoms. The third kappa shape index (κ3) is 4.16. The molecule has 0 saturated carbocycles. The predicted molar refractivity (Wildman–Crippen MR) is 144 cm³/mol. The summed E-state index contributed by atoms with van der Waals surface area (Å²) in [6.07, 6.45) is 2.93. The van der Waals surface area contributed by atoms with E-state index in [0.29, 0.717) is 30.2 Å². The molecule has 1 aromatic heterocycles. The van der Waals surface area contributed by atoms with E-state index in [9.17, 15) is 14.4 Å². The highest BCUT2D eigenvalue weighted by Crippen LogP contribution is 2.51. The van der Waals surface area contributed by atoms with Gasteiger partial charge in [-0.2, -0.15) is 0 Å². The average Bonchev–Trinajstić information content (AvgIpc) is 3.26. The maximum atomic E-state index is 13.5. The van der Waals surface area contributed by atoms with E-state index in [1.165, 1.54) is 17.8 Å². The smallest absolute Gasteiger partial charge is 0.327 e. The molecule has 2 aromatic carbocycles. The third-order valence-electron chi connectivity index (χ3n) is 6.87. The maximum Gasteiger partial charge on any atom is 0.327 e. The Balaban J connectivity index is 1.23. The zero-order valence-electron chi connectivity index (χ0n) is 20.6. The first-order valence-corrected chi connectivity index (χ1v) is 13.1. The van der Waals surface area contributed by atoms with Crippen LogP contribution in [0.4, 0.5) is 16.2 Å². The highest BCUT2D eigenvalue weighted by atomic mass is 32.2. The van der Waals surface area contributed by atoms with Crippen LogP contribution in [0.2, 0.25) is 0 Å². The van der Waals surface area contributed by atoms with E-state index in [1.807, 2.05) is 61.5 Å². The number of hydrogen-bond acceptors (Lipinski definition) is 6. The molecule has 3 aromatic rings. The number of urea groups is 1. The van der Waals surface area contributed by atoms with Gasteiger partial charge in [-0.05, 0) is 55.0 Å². The number of carbonyl (C=O) groups excluding carboxylic acids is 3. The quantitative estimate of drug-likeness (QED) is 0.469. The second-order valence-corrected chi connectivity index (χ2v) is 10.5. The summed E-state index contributed by atoms with van der Waals surface area (Å²) in [6.45, 7) is 6.31. The Morgan fingerprint density at radius 2 is 1.92 bits per heavy atom. The van der Waals surface area contributed by atoms with Crippen LogP contribution in [0.1, 0.15) is 17.2 Å². The molecule has 3 aliphatic heterocycles. The van der Waals surface area contributed by atoms with Crippen LogP contribution in [0.5, 0.6) is 11.5 Å². The van der Waals surface area contributed by atoms with Crippen LogP contribution in [0.15, 0.2) is 78.5 Å². The molecule has 0 spiro atoms. The lowest BCUT2D eigenvalue weighted by Gasteiger charge is -2.40. The molecule has 1 fully saturated rings. The van der Waals surface area contributed by atoms with E-state index in [0.717, 1.165) is 21.9 Å². The summed E-state index contributed by atoms with van der Waals surface area (Å²) in [6, 6.07) is 16.0. The van der Waals surface area contributed by atoms with Gasteiger partial charge in [0.1, 0.15) is 21.8 Å². The fraction of sp³-hybridized carbons (Fsp3) is 0.214. The topological polar surface area (TPSA) is 104 Å². The molecule has 4 amide bonds. The molecular formula is C28H25N5O4S. The number of rotatable bonds is 6. The van der Waals surface area contributed by atoms with Crippen LogP contribution in [0.25, 0.3) is 0 Å². The first kappa shape index (κ1) is 24.1. The number of nitrogens with zero attached hydrogens (tertiary/aromatic N) is 3. The van der Waals surface area contributed by atoms with Gasteiger partial charge in [-0.15, -0.1) is 0 Å². The minimum absolute atomic E-state index is 0.127. The van der Waals surface area contributed by atoms with Gasteiger partial charge in [0, 0.05) is 24.8 Å². The van der Waals surface area contributed by atoms with Gasteiger partial charge in [0.15, 0.2) is 0 Å². The van der Waals surface area contributed by atoms with Crippen molar-refractivity contribution in [1.82, 2.24) is 20.5 Å².